The van der Waals surface area contributed by atoms with Crippen LogP contribution in [0.2, 0.25) is 0 Å². The lowest BCUT2D eigenvalue weighted by Gasteiger charge is -2.05. The van der Waals surface area contributed by atoms with Crippen molar-refractivity contribution in [2.45, 2.75) is 71.1 Å². The highest BCUT2D eigenvalue weighted by molar-refractivity contribution is 7.46. The molecule has 0 amide bonds. The second-order valence-corrected chi connectivity index (χ2v) is 6.30. The van der Waals surface area contributed by atoms with Crippen LogP contribution in [0, 0.1) is 0 Å². The van der Waals surface area contributed by atoms with Crippen molar-refractivity contribution in [3.05, 3.63) is 0 Å². The molecule has 0 spiro atoms. The molecule has 0 aromatic rings. The summed E-state index contributed by atoms with van der Waals surface area (Å²) in [6.07, 6.45) is 11.6. The standard InChI is InChI=1S/C14H31O5P/c1-2-18-13-11-9-7-5-3-4-6-8-10-12-14-19-20(15,16)17/h2-14H2,1H3,(H2,15,16,17). The van der Waals surface area contributed by atoms with Crippen LogP contribution in [0.5, 0.6) is 0 Å². The maximum Gasteiger partial charge on any atom is 0.469 e. The molecule has 5 nitrogen and oxygen atoms in total. The van der Waals surface area contributed by atoms with Crippen LogP contribution in [0.3, 0.4) is 0 Å². The van der Waals surface area contributed by atoms with E-state index in [4.69, 9.17) is 14.5 Å². The van der Waals surface area contributed by atoms with Crippen molar-refractivity contribution in [2.24, 2.45) is 0 Å². The lowest BCUT2D eigenvalue weighted by molar-refractivity contribution is 0.143. The topological polar surface area (TPSA) is 76.0 Å². The Labute approximate surface area is 123 Å². The number of hydrogen-bond acceptors (Lipinski definition) is 3. The second kappa shape index (κ2) is 14.0. The Balaban J connectivity index is 3.01. The molecule has 0 aliphatic carbocycles. The molecule has 0 saturated carbocycles. The first-order valence-corrected chi connectivity index (χ1v) is 9.37. The Morgan fingerprint density at radius 1 is 0.750 bits per heavy atom. The number of rotatable bonds is 15. The quantitative estimate of drug-likeness (QED) is 0.353. The first-order valence-electron chi connectivity index (χ1n) is 7.84. The van der Waals surface area contributed by atoms with Gasteiger partial charge in [0.05, 0.1) is 6.61 Å². The predicted molar refractivity (Wildman–Crippen MR) is 80.7 cm³/mol. The maximum atomic E-state index is 10.4. The molecule has 0 aliphatic heterocycles. The zero-order chi connectivity index (χ0) is 15.1. The average molecular weight is 310 g/mol. The summed E-state index contributed by atoms with van der Waals surface area (Å²) in [5, 5.41) is 0. The Morgan fingerprint density at radius 3 is 1.55 bits per heavy atom. The molecule has 0 atom stereocenters. The van der Waals surface area contributed by atoms with Crippen LogP contribution in [0.15, 0.2) is 0 Å². The molecule has 0 heterocycles. The first-order chi connectivity index (χ1) is 9.56. The summed E-state index contributed by atoms with van der Waals surface area (Å²) >= 11 is 0. The van der Waals surface area contributed by atoms with Crippen molar-refractivity contribution in [1.82, 2.24) is 0 Å². The van der Waals surface area contributed by atoms with E-state index in [0.717, 1.165) is 32.5 Å². The third-order valence-corrected chi connectivity index (χ3v) is 3.67. The average Bonchev–Trinajstić information content (AvgIpc) is 2.38. The molecule has 0 radical (unpaired) electrons. The largest absolute Gasteiger partial charge is 0.469 e. The number of hydrogen-bond donors (Lipinski definition) is 2. The highest BCUT2D eigenvalue weighted by Crippen LogP contribution is 2.35. The van der Waals surface area contributed by atoms with Crippen LogP contribution in [-0.2, 0) is 13.8 Å². The van der Waals surface area contributed by atoms with E-state index in [9.17, 15) is 4.57 Å². The Bertz CT molecular complexity index is 242. The van der Waals surface area contributed by atoms with Crippen molar-refractivity contribution in [2.75, 3.05) is 19.8 Å². The van der Waals surface area contributed by atoms with Crippen molar-refractivity contribution in [3.8, 4) is 0 Å². The number of phosphoric ester groups is 1. The van der Waals surface area contributed by atoms with Crippen molar-refractivity contribution >= 4 is 7.82 Å². The van der Waals surface area contributed by atoms with Gasteiger partial charge in [-0.25, -0.2) is 4.57 Å². The van der Waals surface area contributed by atoms with E-state index in [0.29, 0.717) is 0 Å². The van der Waals surface area contributed by atoms with Crippen LogP contribution in [0.25, 0.3) is 0 Å². The number of unbranched alkanes of at least 4 members (excludes halogenated alkanes) is 9. The van der Waals surface area contributed by atoms with E-state index in [1.165, 1.54) is 44.9 Å². The highest BCUT2D eigenvalue weighted by Gasteiger charge is 2.12. The summed E-state index contributed by atoms with van der Waals surface area (Å²) in [5.74, 6) is 0. The van der Waals surface area contributed by atoms with Gasteiger partial charge in [-0.3, -0.25) is 4.52 Å². The summed E-state index contributed by atoms with van der Waals surface area (Å²) in [4.78, 5) is 17.0. The lowest BCUT2D eigenvalue weighted by Crippen LogP contribution is -1.93. The molecule has 122 valence electrons. The predicted octanol–water partition coefficient (Wildman–Crippen LogP) is 4.03. The molecule has 0 aromatic carbocycles. The third kappa shape index (κ3) is 18.1. The Kier molecular flexibility index (Phi) is 14.1. The van der Waals surface area contributed by atoms with Crippen LogP contribution >= 0.6 is 7.82 Å². The number of phosphoric acid groups is 1. The second-order valence-electron chi connectivity index (χ2n) is 5.06. The van der Waals surface area contributed by atoms with Gasteiger partial charge in [0.1, 0.15) is 0 Å². The molecule has 0 aromatic heterocycles. The summed E-state index contributed by atoms with van der Waals surface area (Å²) in [7, 11) is -4.26. The summed E-state index contributed by atoms with van der Waals surface area (Å²) in [6.45, 7) is 3.90. The fraction of sp³-hybridized carbons (Fsp3) is 1.00. The van der Waals surface area contributed by atoms with Gasteiger partial charge in [-0.15, -0.1) is 0 Å². The number of ether oxygens (including phenoxy) is 1. The van der Waals surface area contributed by atoms with E-state index in [1.54, 1.807) is 0 Å². The van der Waals surface area contributed by atoms with Gasteiger partial charge in [0.15, 0.2) is 0 Å². The molecule has 20 heavy (non-hydrogen) atoms. The van der Waals surface area contributed by atoms with Gasteiger partial charge in [0, 0.05) is 13.2 Å². The van der Waals surface area contributed by atoms with Gasteiger partial charge in [-0.1, -0.05) is 51.4 Å². The van der Waals surface area contributed by atoms with Crippen molar-refractivity contribution in [1.29, 1.82) is 0 Å². The minimum atomic E-state index is -4.26. The van der Waals surface area contributed by atoms with E-state index < -0.39 is 7.82 Å². The molecule has 6 heteroatoms. The molecule has 0 rings (SSSR count). The lowest BCUT2D eigenvalue weighted by atomic mass is 10.1. The normalized spacial score (nSPS) is 11.9. The first kappa shape index (κ1) is 20.1. The van der Waals surface area contributed by atoms with E-state index in [1.807, 2.05) is 6.92 Å². The summed E-state index contributed by atoms with van der Waals surface area (Å²) < 4.78 is 20.1. The summed E-state index contributed by atoms with van der Waals surface area (Å²) in [5.41, 5.74) is 0. The zero-order valence-corrected chi connectivity index (χ0v) is 13.7. The molecular weight excluding hydrogens is 279 g/mol. The van der Waals surface area contributed by atoms with Gasteiger partial charge < -0.3 is 14.5 Å². The molecule has 2 N–H and O–H groups in total. The van der Waals surface area contributed by atoms with Crippen LogP contribution in [0.1, 0.15) is 71.1 Å². The fourth-order valence-corrected chi connectivity index (χ4v) is 2.42. The van der Waals surface area contributed by atoms with Crippen molar-refractivity contribution in [3.63, 3.8) is 0 Å². The molecule has 0 unspecified atom stereocenters. The van der Waals surface area contributed by atoms with Crippen LogP contribution in [0.4, 0.5) is 0 Å². The minimum absolute atomic E-state index is 0.157. The zero-order valence-electron chi connectivity index (χ0n) is 12.8. The Hall–Kier alpha value is 0.0700. The van der Waals surface area contributed by atoms with Gasteiger partial charge in [-0.05, 0) is 19.8 Å². The van der Waals surface area contributed by atoms with E-state index in [2.05, 4.69) is 4.52 Å². The van der Waals surface area contributed by atoms with Crippen LogP contribution in [-0.4, -0.2) is 29.6 Å². The SMILES string of the molecule is CCOCCCCCCCCCCCCOP(=O)(O)O. The molecular formula is C14H31O5P. The molecule has 0 bridgehead atoms. The maximum absolute atomic E-state index is 10.4. The fourth-order valence-electron chi connectivity index (χ4n) is 2.05. The van der Waals surface area contributed by atoms with Gasteiger partial charge in [-0.2, -0.15) is 0 Å². The van der Waals surface area contributed by atoms with Gasteiger partial charge in [0.25, 0.3) is 0 Å². The molecule has 0 aliphatic rings. The summed E-state index contributed by atoms with van der Waals surface area (Å²) in [6, 6.07) is 0. The minimum Gasteiger partial charge on any atom is -0.382 e. The third-order valence-electron chi connectivity index (χ3n) is 3.15. The highest BCUT2D eigenvalue weighted by atomic mass is 31.2. The molecule has 0 saturated heterocycles. The van der Waals surface area contributed by atoms with E-state index >= 15 is 0 Å². The Morgan fingerprint density at radius 2 is 1.15 bits per heavy atom. The van der Waals surface area contributed by atoms with Crippen LogP contribution < -0.4 is 0 Å². The smallest absolute Gasteiger partial charge is 0.382 e. The molecule has 0 fully saturated rings. The van der Waals surface area contributed by atoms with Gasteiger partial charge in [0.2, 0.25) is 0 Å². The monoisotopic (exact) mass is 310 g/mol. The van der Waals surface area contributed by atoms with Crippen molar-refractivity contribution < 1.29 is 23.6 Å². The van der Waals surface area contributed by atoms with Gasteiger partial charge >= 0.3 is 7.82 Å². The van der Waals surface area contributed by atoms with E-state index in [-0.39, 0.29) is 6.61 Å².